The molecule has 1 aliphatic heterocycles. The summed E-state index contributed by atoms with van der Waals surface area (Å²) < 4.78 is 21.4. The van der Waals surface area contributed by atoms with Crippen molar-refractivity contribution < 1.29 is 23.7 Å². The van der Waals surface area contributed by atoms with Crippen LogP contribution in [0.15, 0.2) is 18.2 Å². The van der Waals surface area contributed by atoms with Crippen molar-refractivity contribution in [1.82, 2.24) is 14.9 Å². The summed E-state index contributed by atoms with van der Waals surface area (Å²) >= 11 is 0. The zero-order chi connectivity index (χ0) is 20.1. The second-order valence-corrected chi connectivity index (χ2v) is 6.13. The average Bonchev–Trinajstić information content (AvgIpc) is 2.72. The summed E-state index contributed by atoms with van der Waals surface area (Å²) in [5.41, 5.74) is 1.02. The molecule has 0 unspecified atom stereocenters. The predicted octanol–water partition coefficient (Wildman–Crippen LogP) is 2.03. The number of rotatable bonds is 6. The van der Waals surface area contributed by atoms with E-state index in [4.69, 9.17) is 18.9 Å². The number of nitrogens with one attached hydrogen (secondary N) is 1. The fourth-order valence-corrected chi connectivity index (χ4v) is 2.97. The second-order valence-electron chi connectivity index (χ2n) is 6.13. The number of hydrogen-bond donors (Lipinski definition) is 1. The van der Waals surface area contributed by atoms with E-state index in [-0.39, 0.29) is 5.91 Å². The largest absolute Gasteiger partial charge is 0.493 e. The minimum absolute atomic E-state index is 0.137. The molecule has 1 aromatic carbocycles. The normalized spacial score (nSPS) is 13.8. The van der Waals surface area contributed by atoms with E-state index >= 15 is 0 Å². The summed E-state index contributed by atoms with van der Waals surface area (Å²) in [4.78, 5) is 23.1. The average molecular weight is 388 g/mol. The monoisotopic (exact) mass is 388 g/mol. The number of aryl methyl sites for hydroxylation is 1. The lowest BCUT2D eigenvalue weighted by Gasteiger charge is -2.26. The van der Waals surface area contributed by atoms with Crippen molar-refractivity contribution in [2.75, 3.05) is 52.9 Å². The summed E-state index contributed by atoms with van der Waals surface area (Å²) in [7, 11) is 4.65. The van der Waals surface area contributed by atoms with Crippen LogP contribution in [0, 0.1) is 6.92 Å². The summed E-state index contributed by atoms with van der Waals surface area (Å²) in [6, 6.07) is 5.17. The van der Waals surface area contributed by atoms with Crippen LogP contribution in [0.2, 0.25) is 0 Å². The van der Waals surface area contributed by atoms with Gasteiger partial charge in [0.15, 0.2) is 11.5 Å². The number of nitrogens with zero attached hydrogens (tertiary/aromatic N) is 3. The Bertz CT molecular complexity index is 827. The van der Waals surface area contributed by atoms with Gasteiger partial charge in [-0.1, -0.05) is 0 Å². The zero-order valence-corrected chi connectivity index (χ0v) is 16.4. The fourth-order valence-electron chi connectivity index (χ4n) is 2.97. The van der Waals surface area contributed by atoms with Gasteiger partial charge in [0, 0.05) is 37.0 Å². The number of hydrogen-bond acceptors (Lipinski definition) is 8. The van der Waals surface area contributed by atoms with Gasteiger partial charge in [-0.2, -0.15) is 0 Å². The Morgan fingerprint density at radius 1 is 1.04 bits per heavy atom. The summed E-state index contributed by atoms with van der Waals surface area (Å²) in [6.07, 6.45) is 0. The van der Waals surface area contributed by atoms with Gasteiger partial charge in [-0.15, -0.1) is 0 Å². The highest BCUT2D eigenvalue weighted by molar-refractivity contribution is 5.93. The predicted molar refractivity (Wildman–Crippen MR) is 103 cm³/mol. The van der Waals surface area contributed by atoms with Crippen LogP contribution in [0.3, 0.4) is 0 Å². The van der Waals surface area contributed by atoms with Crippen LogP contribution >= 0.6 is 0 Å². The standard InChI is InChI=1S/C19H24N4O5/c1-12-20-14(19(24)23-5-7-28-8-6-23)11-17(21-12)22-13-9-15(25-2)18(27-4)16(10-13)26-3/h9-11H,5-8H2,1-4H3,(H,20,21,22). The number of aromatic nitrogens is 2. The lowest BCUT2D eigenvalue weighted by molar-refractivity contribution is 0.0299. The Balaban J connectivity index is 1.88. The van der Waals surface area contributed by atoms with E-state index in [9.17, 15) is 4.79 Å². The minimum Gasteiger partial charge on any atom is -0.493 e. The third-order valence-electron chi connectivity index (χ3n) is 4.29. The van der Waals surface area contributed by atoms with E-state index in [1.165, 1.54) is 0 Å². The highest BCUT2D eigenvalue weighted by Gasteiger charge is 2.21. The summed E-state index contributed by atoms with van der Waals surface area (Å²) in [6.45, 7) is 3.92. The van der Waals surface area contributed by atoms with Gasteiger partial charge in [-0.05, 0) is 6.92 Å². The molecule has 9 nitrogen and oxygen atoms in total. The maximum Gasteiger partial charge on any atom is 0.272 e. The number of amides is 1. The molecule has 1 N–H and O–H groups in total. The molecule has 3 rings (SSSR count). The molecule has 28 heavy (non-hydrogen) atoms. The number of ether oxygens (including phenoxy) is 4. The molecule has 0 atom stereocenters. The topological polar surface area (TPSA) is 95.0 Å². The van der Waals surface area contributed by atoms with Crippen LogP contribution in [0.25, 0.3) is 0 Å². The van der Waals surface area contributed by atoms with Gasteiger partial charge in [0.25, 0.3) is 5.91 Å². The van der Waals surface area contributed by atoms with Gasteiger partial charge in [-0.25, -0.2) is 9.97 Å². The van der Waals surface area contributed by atoms with Crippen LogP contribution in [-0.2, 0) is 4.74 Å². The van der Waals surface area contributed by atoms with Crippen molar-refractivity contribution in [3.05, 3.63) is 29.7 Å². The van der Waals surface area contributed by atoms with Crippen LogP contribution < -0.4 is 19.5 Å². The van der Waals surface area contributed by atoms with Gasteiger partial charge >= 0.3 is 0 Å². The first-order valence-corrected chi connectivity index (χ1v) is 8.85. The Morgan fingerprint density at radius 3 is 2.25 bits per heavy atom. The molecule has 2 heterocycles. The molecule has 0 spiro atoms. The quantitative estimate of drug-likeness (QED) is 0.803. The Labute approximate surface area is 163 Å². The summed E-state index contributed by atoms with van der Waals surface area (Å²) in [5, 5.41) is 3.18. The SMILES string of the molecule is COc1cc(Nc2cc(C(=O)N3CCOCC3)nc(C)n2)cc(OC)c1OC. The van der Waals surface area contributed by atoms with Gasteiger partial charge < -0.3 is 29.2 Å². The Hall–Kier alpha value is -3.07. The number of carbonyl (C=O) groups excluding carboxylic acids is 1. The number of morpholine rings is 1. The highest BCUT2D eigenvalue weighted by Crippen LogP contribution is 2.40. The molecule has 0 aliphatic carbocycles. The third-order valence-corrected chi connectivity index (χ3v) is 4.29. The van der Waals surface area contributed by atoms with Gasteiger partial charge in [0.05, 0.1) is 34.5 Å². The van der Waals surface area contributed by atoms with Crippen molar-refractivity contribution in [3.8, 4) is 17.2 Å². The first kappa shape index (κ1) is 19.7. The van der Waals surface area contributed by atoms with E-state index in [0.29, 0.717) is 66.6 Å². The molecule has 1 saturated heterocycles. The second kappa shape index (κ2) is 8.75. The van der Waals surface area contributed by atoms with Crippen molar-refractivity contribution in [3.63, 3.8) is 0 Å². The zero-order valence-electron chi connectivity index (χ0n) is 16.4. The number of methoxy groups -OCH3 is 3. The van der Waals surface area contributed by atoms with Crippen molar-refractivity contribution in [2.45, 2.75) is 6.92 Å². The van der Waals surface area contributed by atoms with Crippen LogP contribution in [0.4, 0.5) is 11.5 Å². The van der Waals surface area contributed by atoms with E-state index in [1.54, 1.807) is 51.4 Å². The van der Waals surface area contributed by atoms with Gasteiger partial charge in [0.1, 0.15) is 17.3 Å². The molecule has 150 valence electrons. The van der Waals surface area contributed by atoms with Crippen LogP contribution in [0.1, 0.15) is 16.3 Å². The number of anilines is 2. The van der Waals surface area contributed by atoms with Crippen molar-refractivity contribution in [2.24, 2.45) is 0 Å². The molecule has 1 amide bonds. The van der Waals surface area contributed by atoms with Crippen molar-refractivity contribution in [1.29, 1.82) is 0 Å². The van der Waals surface area contributed by atoms with E-state index in [2.05, 4.69) is 15.3 Å². The molecule has 2 aromatic rings. The van der Waals surface area contributed by atoms with E-state index in [1.807, 2.05) is 0 Å². The molecule has 1 fully saturated rings. The fraction of sp³-hybridized carbons (Fsp3) is 0.421. The molecule has 0 bridgehead atoms. The molecular formula is C19H24N4O5. The van der Waals surface area contributed by atoms with Gasteiger partial charge in [-0.3, -0.25) is 4.79 Å². The molecular weight excluding hydrogens is 364 g/mol. The van der Waals surface area contributed by atoms with Gasteiger partial charge in [0.2, 0.25) is 5.75 Å². The maximum absolute atomic E-state index is 12.7. The first-order valence-electron chi connectivity index (χ1n) is 8.85. The summed E-state index contributed by atoms with van der Waals surface area (Å²) in [5.74, 6) is 2.38. The van der Waals surface area contributed by atoms with E-state index in [0.717, 1.165) is 0 Å². The smallest absolute Gasteiger partial charge is 0.272 e. The molecule has 9 heteroatoms. The first-order chi connectivity index (χ1) is 13.5. The van der Waals surface area contributed by atoms with Crippen LogP contribution in [0.5, 0.6) is 17.2 Å². The van der Waals surface area contributed by atoms with Crippen molar-refractivity contribution >= 4 is 17.4 Å². The lowest BCUT2D eigenvalue weighted by atomic mass is 10.2. The van der Waals surface area contributed by atoms with E-state index < -0.39 is 0 Å². The highest BCUT2D eigenvalue weighted by atomic mass is 16.5. The molecule has 1 aromatic heterocycles. The Kier molecular flexibility index (Phi) is 6.15. The lowest BCUT2D eigenvalue weighted by Crippen LogP contribution is -2.41. The number of benzene rings is 1. The molecule has 1 aliphatic rings. The number of carbonyl (C=O) groups is 1. The Morgan fingerprint density at radius 2 is 1.68 bits per heavy atom. The molecule has 0 radical (unpaired) electrons. The third kappa shape index (κ3) is 4.25. The minimum atomic E-state index is -0.137. The van der Waals surface area contributed by atoms with Crippen LogP contribution in [-0.4, -0.2) is 68.4 Å². The maximum atomic E-state index is 12.7. The molecule has 0 saturated carbocycles.